The van der Waals surface area contributed by atoms with Crippen LogP contribution in [0.3, 0.4) is 0 Å². The first-order valence-electron chi connectivity index (χ1n) is 7.71. The standard InChI is InChI=1S/C17H23N3S/c1-5-18-15-10-12(11-6-7-11)19-16(20-15)13-8-9-14(21-13)17(2,3)4/h8-11H,5-7H2,1-4H3,(H,18,19,20). The van der Waals surface area contributed by atoms with E-state index in [9.17, 15) is 0 Å². The van der Waals surface area contributed by atoms with E-state index in [1.165, 1.54) is 28.3 Å². The van der Waals surface area contributed by atoms with Gasteiger partial charge in [0.2, 0.25) is 0 Å². The Kier molecular flexibility index (Phi) is 3.74. The quantitative estimate of drug-likeness (QED) is 0.880. The molecule has 3 nitrogen and oxygen atoms in total. The van der Waals surface area contributed by atoms with Gasteiger partial charge >= 0.3 is 0 Å². The van der Waals surface area contributed by atoms with Crippen LogP contribution in [0.15, 0.2) is 18.2 Å². The lowest BCUT2D eigenvalue weighted by Crippen LogP contribution is -2.07. The molecule has 21 heavy (non-hydrogen) atoms. The predicted molar refractivity (Wildman–Crippen MR) is 90.2 cm³/mol. The van der Waals surface area contributed by atoms with Crippen molar-refractivity contribution in [2.45, 2.75) is 51.9 Å². The summed E-state index contributed by atoms with van der Waals surface area (Å²) in [5, 5.41) is 3.33. The van der Waals surface area contributed by atoms with Crippen molar-refractivity contribution in [1.82, 2.24) is 9.97 Å². The van der Waals surface area contributed by atoms with Crippen LogP contribution < -0.4 is 5.32 Å². The van der Waals surface area contributed by atoms with Gasteiger partial charge in [0.05, 0.1) is 4.88 Å². The molecule has 0 aromatic carbocycles. The van der Waals surface area contributed by atoms with Crippen LogP contribution in [0.2, 0.25) is 0 Å². The van der Waals surface area contributed by atoms with E-state index >= 15 is 0 Å². The summed E-state index contributed by atoms with van der Waals surface area (Å²) in [7, 11) is 0. The Hall–Kier alpha value is -1.42. The fourth-order valence-corrected chi connectivity index (χ4v) is 3.30. The van der Waals surface area contributed by atoms with Gasteiger partial charge in [0.15, 0.2) is 5.82 Å². The van der Waals surface area contributed by atoms with Crippen molar-refractivity contribution < 1.29 is 0 Å². The third-order valence-corrected chi connectivity index (χ3v) is 5.17. The van der Waals surface area contributed by atoms with Crippen molar-refractivity contribution in [3.63, 3.8) is 0 Å². The second-order valence-electron chi connectivity index (χ2n) is 6.72. The Morgan fingerprint density at radius 3 is 2.57 bits per heavy atom. The maximum Gasteiger partial charge on any atom is 0.171 e. The number of hydrogen-bond acceptors (Lipinski definition) is 4. The van der Waals surface area contributed by atoms with Crippen LogP contribution in [0.25, 0.3) is 10.7 Å². The van der Waals surface area contributed by atoms with Crippen LogP contribution >= 0.6 is 11.3 Å². The topological polar surface area (TPSA) is 37.8 Å². The van der Waals surface area contributed by atoms with Crippen LogP contribution in [0, 0.1) is 0 Å². The van der Waals surface area contributed by atoms with Gasteiger partial charge < -0.3 is 5.32 Å². The number of hydrogen-bond donors (Lipinski definition) is 1. The Bertz CT molecular complexity index is 636. The van der Waals surface area contributed by atoms with Crippen molar-refractivity contribution in [3.05, 3.63) is 28.8 Å². The molecule has 1 aliphatic carbocycles. The number of thiophene rings is 1. The SMILES string of the molecule is CCNc1cc(C2CC2)nc(-c2ccc(C(C)(C)C)s2)n1. The minimum atomic E-state index is 0.182. The summed E-state index contributed by atoms with van der Waals surface area (Å²) < 4.78 is 0. The summed E-state index contributed by atoms with van der Waals surface area (Å²) in [6.07, 6.45) is 2.53. The summed E-state index contributed by atoms with van der Waals surface area (Å²) in [6, 6.07) is 6.48. The van der Waals surface area contributed by atoms with Gasteiger partial charge in [-0.15, -0.1) is 11.3 Å². The number of aromatic nitrogens is 2. The van der Waals surface area contributed by atoms with E-state index in [2.05, 4.69) is 56.2 Å². The smallest absolute Gasteiger partial charge is 0.171 e. The van der Waals surface area contributed by atoms with Crippen molar-refractivity contribution in [2.75, 3.05) is 11.9 Å². The van der Waals surface area contributed by atoms with Gasteiger partial charge in [-0.25, -0.2) is 9.97 Å². The lowest BCUT2D eigenvalue weighted by atomic mass is 9.95. The molecule has 0 amide bonds. The van der Waals surface area contributed by atoms with E-state index < -0.39 is 0 Å². The molecular formula is C17H23N3S. The van der Waals surface area contributed by atoms with Gasteiger partial charge in [0.25, 0.3) is 0 Å². The molecule has 2 aromatic rings. The molecule has 2 aromatic heterocycles. The van der Waals surface area contributed by atoms with Crippen LogP contribution in [0.5, 0.6) is 0 Å². The minimum Gasteiger partial charge on any atom is -0.370 e. The molecule has 0 unspecified atom stereocenters. The average Bonchev–Trinajstić information content (AvgIpc) is 3.14. The Morgan fingerprint density at radius 1 is 1.24 bits per heavy atom. The fraction of sp³-hybridized carbons (Fsp3) is 0.529. The van der Waals surface area contributed by atoms with Crippen molar-refractivity contribution >= 4 is 17.2 Å². The summed E-state index contributed by atoms with van der Waals surface area (Å²) in [5.74, 6) is 2.47. The summed E-state index contributed by atoms with van der Waals surface area (Å²) >= 11 is 1.81. The Morgan fingerprint density at radius 2 is 2.00 bits per heavy atom. The monoisotopic (exact) mass is 301 g/mol. The van der Waals surface area contributed by atoms with Crippen molar-refractivity contribution in [2.24, 2.45) is 0 Å². The lowest BCUT2D eigenvalue weighted by Gasteiger charge is -2.15. The molecule has 112 valence electrons. The second kappa shape index (κ2) is 5.41. The molecule has 4 heteroatoms. The molecule has 0 aliphatic heterocycles. The fourth-order valence-electron chi connectivity index (χ4n) is 2.30. The average molecular weight is 301 g/mol. The largest absolute Gasteiger partial charge is 0.370 e. The molecule has 1 aliphatic rings. The minimum absolute atomic E-state index is 0.182. The highest BCUT2D eigenvalue weighted by molar-refractivity contribution is 7.15. The molecular weight excluding hydrogens is 278 g/mol. The molecule has 1 N–H and O–H groups in total. The van der Waals surface area contributed by atoms with Crippen molar-refractivity contribution in [3.8, 4) is 10.7 Å². The Labute approximate surface area is 130 Å². The first kappa shape index (κ1) is 14.5. The molecule has 3 rings (SSSR count). The molecule has 0 atom stereocenters. The maximum absolute atomic E-state index is 4.80. The van der Waals surface area contributed by atoms with Gasteiger partial charge in [-0.3, -0.25) is 0 Å². The van der Waals surface area contributed by atoms with Gasteiger partial charge in [0, 0.05) is 29.1 Å². The van der Waals surface area contributed by atoms with Gasteiger partial charge in [-0.05, 0) is 37.3 Å². The van der Waals surface area contributed by atoms with Crippen LogP contribution in [0.1, 0.15) is 57.0 Å². The molecule has 0 radical (unpaired) electrons. The zero-order valence-corrected chi connectivity index (χ0v) is 14.0. The van der Waals surface area contributed by atoms with E-state index in [0.29, 0.717) is 5.92 Å². The molecule has 2 heterocycles. The third kappa shape index (κ3) is 3.26. The molecule has 0 bridgehead atoms. The number of rotatable bonds is 4. The van der Waals surface area contributed by atoms with E-state index in [-0.39, 0.29) is 5.41 Å². The highest BCUT2D eigenvalue weighted by Crippen LogP contribution is 2.41. The zero-order chi connectivity index (χ0) is 15.0. The third-order valence-electron chi connectivity index (χ3n) is 3.67. The lowest BCUT2D eigenvalue weighted by molar-refractivity contribution is 0.604. The number of nitrogens with zero attached hydrogens (tertiary/aromatic N) is 2. The highest BCUT2D eigenvalue weighted by atomic mass is 32.1. The molecule has 0 spiro atoms. The van der Waals surface area contributed by atoms with Gasteiger partial charge in [-0.1, -0.05) is 20.8 Å². The van der Waals surface area contributed by atoms with E-state index in [4.69, 9.17) is 4.98 Å². The number of anilines is 1. The summed E-state index contributed by atoms with van der Waals surface area (Å²) in [5.41, 5.74) is 1.38. The molecule has 1 saturated carbocycles. The van der Waals surface area contributed by atoms with E-state index in [1.807, 2.05) is 11.3 Å². The summed E-state index contributed by atoms with van der Waals surface area (Å²) in [4.78, 5) is 12.0. The normalized spacial score (nSPS) is 15.2. The van der Waals surface area contributed by atoms with Gasteiger partial charge in [-0.2, -0.15) is 0 Å². The van der Waals surface area contributed by atoms with Crippen molar-refractivity contribution in [1.29, 1.82) is 0 Å². The van der Waals surface area contributed by atoms with E-state index in [1.54, 1.807) is 0 Å². The summed E-state index contributed by atoms with van der Waals surface area (Å²) in [6.45, 7) is 9.72. The maximum atomic E-state index is 4.80. The van der Waals surface area contributed by atoms with Gasteiger partial charge in [0.1, 0.15) is 5.82 Å². The van der Waals surface area contributed by atoms with Crippen LogP contribution in [0.4, 0.5) is 5.82 Å². The molecule has 0 saturated heterocycles. The first-order chi connectivity index (χ1) is 9.97. The highest BCUT2D eigenvalue weighted by Gasteiger charge is 2.26. The van der Waals surface area contributed by atoms with Crippen LogP contribution in [-0.2, 0) is 5.41 Å². The predicted octanol–water partition coefficient (Wildman–Crippen LogP) is 4.81. The van der Waals surface area contributed by atoms with E-state index in [0.717, 1.165) is 18.2 Å². The number of nitrogens with one attached hydrogen (secondary N) is 1. The molecule has 1 fully saturated rings. The first-order valence-corrected chi connectivity index (χ1v) is 8.52. The zero-order valence-electron chi connectivity index (χ0n) is 13.2. The van der Waals surface area contributed by atoms with Crippen LogP contribution in [-0.4, -0.2) is 16.5 Å². The Balaban J connectivity index is 1.98. The second-order valence-corrected chi connectivity index (χ2v) is 7.80.